The Kier molecular flexibility index (Phi) is 5.09. The molecule has 126 valence electrons. The molecule has 1 saturated carbocycles. The third-order valence-corrected chi connectivity index (χ3v) is 5.54. The molecule has 0 radical (unpaired) electrons. The van der Waals surface area contributed by atoms with E-state index in [-0.39, 0.29) is 12.3 Å². The molecule has 0 spiro atoms. The van der Waals surface area contributed by atoms with Crippen LogP contribution in [-0.4, -0.2) is 28.3 Å². The number of hydrogen-bond donors (Lipinski definition) is 2. The zero-order valence-corrected chi connectivity index (χ0v) is 14.3. The van der Waals surface area contributed by atoms with Crippen LogP contribution in [-0.2, 0) is 9.59 Å². The maximum absolute atomic E-state index is 12.3. The van der Waals surface area contributed by atoms with Crippen molar-refractivity contribution in [2.75, 3.05) is 5.75 Å². The molecule has 2 aromatic rings. The number of carboxylic acid groups (broad SMARTS) is 1. The summed E-state index contributed by atoms with van der Waals surface area (Å²) in [6.07, 6.45) is 3.48. The third kappa shape index (κ3) is 4.09. The molecule has 1 aliphatic carbocycles. The summed E-state index contributed by atoms with van der Waals surface area (Å²) < 4.78 is 0. The van der Waals surface area contributed by atoms with Gasteiger partial charge in [-0.25, -0.2) is 0 Å². The van der Waals surface area contributed by atoms with E-state index in [0.29, 0.717) is 5.75 Å². The number of rotatable bonds is 6. The molecule has 0 heterocycles. The maximum atomic E-state index is 12.3. The minimum Gasteiger partial charge on any atom is -0.481 e. The van der Waals surface area contributed by atoms with Crippen LogP contribution in [0.25, 0.3) is 10.8 Å². The van der Waals surface area contributed by atoms with Gasteiger partial charge in [-0.3, -0.25) is 9.59 Å². The van der Waals surface area contributed by atoms with Crippen molar-refractivity contribution in [1.82, 2.24) is 5.32 Å². The van der Waals surface area contributed by atoms with E-state index < -0.39 is 11.5 Å². The second-order valence-corrected chi connectivity index (χ2v) is 7.45. The van der Waals surface area contributed by atoms with Gasteiger partial charge in [0.2, 0.25) is 5.91 Å². The van der Waals surface area contributed by atoms with E-state index in [1.807, 2.05) is 18.2 Å². The van der Waals surface area contributed by atoms with Gasteiger partial charge in [-0.2, -0.15) is 0 Å². The highest BCUT2D eigenvalue weighted by atomic mass is 32.2. The number of amides is 1. The number of fused-ring (bicyclic) bond motifs is 1. The van der Waals surface area contributed by atoms with Gasteiger partial charge in [-0.15, -0.1) is 11.8 Å². The second kappa shape index (κ2) is 7.26. The maximum Gasteiger partial charge on any atom is 0.305 e. The number of carboxylic acids is 1. The number of carbonyl (C=O) groups is 2. The lowest BCUT2D eigenvalue weighted by Gasteiger charge is -2.28. The van der Waals surface area contributed by atoms with Gasteiger partial charge in [0, 0.05) is 4.90 Å². The number of thioether (sulfide) groups is 1. The van der Waals surface area contributed by atoms with Crippen LogP contribution in [0.1, 0.15) is 32.1 Å². The van der Waals surface area contributed by atoms with Crippen LogP contribution in [0.3, 0.4) is 0 Å². The van der Waals surface area contributed by atoms with Gasteiger partial charge in [0.1, 0.15) is 0 Å². The van der Waals surface area contributed by atoms with E-state index in [1.54, 1.807) is 0 Å². The van der Waals surface area contributed by atoms with Crippen LogP contribution in [0.2, 0.25) is 0 Å². The standard InChI is InChI=1S/C19H21NO3S/c21-17(20-19(12-18(22)23)9-3-4-10-19)13-24-16-8-7-14-5-1-2-6-15(14)11-16/h1-2,5-8,11H,3-4,9-10,12-13H2,(H,20,21)(H,22,23). The third-order valence-electron chi connectivity index (χ3n) is 4.55. The smallest absolute Gasteiger partial charge is 0.305 e. The largest absolute Gasteiger partial charge is 0.481 e. The molecule has 5 heteroatoms. The topological polar surface area (TPSA) is 66.4 Å². The number of aliphatic carboxylic acids is 1. The molecule has 0 aromatic heterocycles. The van der Waals surface area contributed by atoms with Crippen molar-refractivity contribution >= 4 is 34.4 Å². The second-order valence-electron chi connectivity index (χ2n) is 6.40. The Morgan fingerprint density at radius 1 is 1.08 bits per heavy atom. The Balaban J connectivity index is 1.60. The zero-order valence-electron chi connectivity index (χ0n) is 13.5. The summed E-state index contributed by atoms with van der Waals surface area (Å²) in [5.74, 6) is -0.629. The van der Waals surface area contributed by atoms with Crippen molar-refractivity contribution in [2.24, 2.45) is 0 Å². The van der Waals surface area contributed by atoms with Gasteiger partial charge < -0.3 is 10.4 Å². The first-order valence-corrected chi connectivity index (χ1v) is 9.19. The molecule has 24 heavy (non-hydrogen) atoms. The van der Waals surface area contributed by atoms with E-state index in [9.17, 15) is 9.59 Å². The molecule has 1 amide bonds. The monoisotopic (exact) mass is 343 g/mol. The summed E-state index contributed by atoms with van der Waals surface area (Å²) >= 11 is 1.48. The fourth-order valence-electron chi connectivity index (χ4n) is 3.43. The SMILES string of the molecule is O=C(O)CC1(NC(=O)CSc2ccc3ccccc3c2)CCCC1. The number of nitrogens with one attached hydrogen (secondary N) is 1. The summed E-state index contributed by atoms with van der Waals surface area (Å²) in [5.41, 5.74) is -0.549. The summed E-state index contributed by atoms with van der Waals surface area (Å²) in [4.78, 5) is 24.4. The lowest BCUT2D eigenvalue weighted by atomic mass is 9.93. The summed E-state index contributed by atoms with van der Waals surface area (Å²) in [7, 11) is 0. The van der Waals surface area contributed by atoms with Gasteiger partial charge >= 0.3 is 5.97 Å². The molecule has 2 N–H and O–H groups in total. The van der Waals surface area contributed by atoms with Gasteiger partial charge in [0.15, 0.2) is 0 Å². The minimum absolute atomic E-state index is 0.0133. The Morgan fingerprint density at radius 2 is 1.79 bits per heavy atom. The Hall–Kier alpha value is -2.01. The number of hydrogen-bond acceptors (Lipinski definition) is 3. The first-order valence-electron chi connectivity index (χ1n) is 8.21. The molecule has 0 saturated heterocycles. The predicted octanol–water partition coefficient (Wildman–Crippen LogP) is 3.84. The molecular weight excluding hydrogens is 322 g/mol. The predicted molar refractivity (Wildman–Crippen MR) is 96.3 cm³/mol. The van der Waals surface area contributed by atoms with E-state index in [0.717, 1.165) is 36.0 Å². The van der Waals surface area contributed by atoms with E-state index in [1.165, 1.54) is 17.1 Å². The van der Waals surface area contributed by atoms with Crippen molar-refractivity contribution in [2.45, 2.75) is 42.5 Å². The highest BCUT2D eigenvalue weighted by Crippen LogP contribution is 2.33. The molecule has 0 bridgehead atoms. The number of carbonyl (C=O) groups excluding carboxylic acids is 1. The normalized spacial score (nSPS) is 16.2. The Labute approximate surface area is 145 Å². The van der Waals surface area contributed by atoms with Crippen LogP contribution in [0.15, 0.2) is 47.4 Å². The fraction of sp³-hybridized carbons (Fsp3) is 0.368. The average Bonchev–Trinajstić information content (AvgIpc) is 3.00. The fourth-order valence-corrected chi connectivity index (χ4v) is 4.17. The van der Waals surface area contributed by atoms with Crippen LogP contribution >= 0.6 is 11.8 Å². The number of benzene rings is 2. The molecule has 1 fully saturated rings. The van der Waals surface area contributed by atoms with E-state index in [2.05, 4.69) is 29.6 Å². The molecule has 4 nitrogen and oxygen atoms in total. The van der Waals surface area contributed by atoms with Crippen LogP contribution in [0, 0.1) is 0 Å². The molecule has 0 aliphatic heterocycles. The first kappa shape index (κ1) is 16.8. The van der Waals surface area contributed by atoms with Gasteiger partial charge in [0.05, 0.1) is 17.7 Å². The first-order chi connectivity index (χ1) is 11.6. The van der Waals surface area contributed by atoms with Crippen molar-refractivity contribution in [3.8, 4) is 0 Å². The van der Waals surface area contributed by atoms with E-state index >= 15 is 0 Å². The summed E-state index contributed by atoms with van der Waals surface area (Å²) in [5, 5.41) is 14.4. The van der Waals surface area contributed by atoms with Gasteiger partial charge in [-0.1, -0.05) is 43.2 Å². The molecule has 0 unspecified atom stereocenters. The van der Waals surface area contributed by atoms with Gasteiger partial charge in [-0.05, 0) is 35.7 Å². The van der Waals surface area contributed by atoms with E-state index in [4.69, 9.17) is 5.11 Å². The summed E-state index contributed by atoms with van der Waals surface area (Å²) in [6.45, 7) is 0. The van der Waals surface area contributed by atoms with Crippen LogP contribution in [0.4, 0.5) is 0 Å². The Morgan fingerprint density at radius 3 is 2.50 bits per heavy atom. The average molecular weight is 343 g/mol. The molecule has 0 atom stereocenters. The Bertz CT molecular complexity index is 753. The van der Waals surface area contributed by atoms with Gasteiger partial charge in [0.25, 0.3) is 0 Å². The highest BCUT2D eigenvalue weighted by molar-refractivity contribution is 8.00. The van der Waals surface area contributed by atoms with Crippen LogP contribution < -0.4 is 5.32 Å². The van der Waals surface area contributed by atoms with Crippen molar-refractivity contribution in [3.05, 3.63) is 42.5 Å². The van der Waals surface area contributed by atoms with Crippen LogP contribution in [0.5, 0.6) is 0 Å². The van der Waals surface area contributed by atoms with Crippen molar-refractivity contribution in [3.63, 3.8) is 0 Å². The molecule has 3 rings (SSSR count). The zero-order chi connectivity index (χ0) is 17.0. The molecular formula is C19H21NO3S. The minimum atomic E-state index is -0.848. The van der Waals surface area contributed by atoms with Crippen molar-refractivity contribution in [1.29, 1.82) is 0 Å². The molecule has 1 aliphatic rings. The summed E-state index contributed by atoms with van der Waals surface area (Å²) in [6, 6.07) is 14.3. The quantitative estimate of drug-likeness (QED) is 0.782. The van der Waals surface area contributed by atoms with Crippen molar-refractivity contribution < 1.29 is 14.7 Å². The lowest BCUT2D eigenvalue weighted by Crippen LogP contribution is -2.48. The molecule has 2 aromatic carbocycles. The highest BCUT2D eigenvalue weighted by Gasteiger charge is 2.37. The lowest BCUT2D eigenvalue weighted by molar-refractivity contribution is -0.139.